The van der Waals surface area contributed by atoms with Gasteiger partial charge in [-0.1, -0.05) is 12.1 Å². The Labute approximate surface area is 153 Å². The second-order valence-corrected chi connectivity index (χ2v) is 6.84. The second-order valence-electron chi connectivity index (χ2n) is 6.84. The number of aryl methyl sites for hydroxylation is 1. The third kappa shape index (κ3) is 4.01. The highest BCUT2D eigenvalue weighted by Gasteiger charge is 2.53. The minimum absolute atomic E-state index is 0.241. The number of fused-ring (bicyclic) bond motifs is 1. The number of carboxylic acids is 1. The minimum Gasteiger partial charge on any atom is -0.481 e. The number of rotatable bonds is 4. The summed E-state index contributed by atoms with van der Waals surface area (Å²) in [6.07, 6.45) is -2.31. The number of carbonyl (C=O) groups is 2. The van der Waals surface area contributed by atoms with Gasteiger partial charge in [-0.2, -0.15) is 13.2 Å². The molecule has 1 saturated heterocycles. The summed E-state index contributed by atoms with van der Waals surface area (Å²) >= 11 is 0. The highest BCUT2D eigenvalue weighted by molar-refractivity contribution is 5.84. The maximum Gasteiger partial charge on any atom is 0.394 e. The molecule has 1 aromatic carbocycles. The Kier molecular flexibility index (Phi) is 5.03. The smallest absolute Gasteiger partial charge is 0.394 e. The van der Waals surface area contributed by atoms with Gasteiger partial charge in [-0.05, 0) is 30.5 Å². The lowest BCUT2D eigenvalue weighted by Crippen LogP contribution is -2.40. The number of aliphatic carboxylic acids is 1. The standard InChI is InChI=1S/C18H20F3N3O3/c1-10-2-3-12-11(7-23-15(12)6-10)4-5-22-17(27)24-8-13(16(25)26)14(9-24)18(19,20)21/h2-3,6-7,13-14,23H,4-5,8-9H2,1H3,(H,22,27)(H,25,26)/t13-,14-/m1/s1. The fourth-order valence-corrected chi connectivity index (χ4v) is 3.47. The number of amides is 2. The molecule has 6 nitrogen and oxygen atoms in total. The van der Waals surface area contributed by atoms with Crippen LogP contribution in [0.4, 0.5) is 18.0 Å². The number of nitrogens with one attached hydrogen (secondary N) is 2. The van der Waals surface area contributed by atoms with Crippen LogP contribution in [-0.2, 0) is 11.2 Å². The molecule has 1 fully saturated rings. The highest BCUT2D eigenvalue weighted by atomic mass is 19.4. The molecule has 0 saturated carbocycles. The number of alkyl halides is 3. The van der Waals surface area contributed by atoms with Crippen LogP contribution in [0.15, 0.2) is 24.4 Å². The maximum atomic E-state index is 13.0. The van der Waals surface area contributed by atoms with Crippen LogP contribution >= 0.6 is 0 Å². The van der Waals surface area contributed by atoms with E-state index in [1.807, 2.05) is 31.3 Å². The molecule has 2 aromatic rings. The molecule has 0 bridgehead atoms. The average Bonchev–Trinajstić information content (AvgIpc) is 3.19. The van der Waals surface area contributed by atoms with Crippen LogP contribution < -0.4 is 5.32 Å². The molecule has 9 heteroatoms. The maximum absolute atomic E-state index is 13.0. The molecular weight excluding hydrogens is 363 g/mol. The number of H-pyrrole nitrogens is 1. The molecule has 3 N–H and O–H groups in total. The Morgan fingerprint density at radius 3 is 2.70 bits per heavy atom. The topological polar surface area (TPSA) is 85.4 Å². The number of hydrogen-bond acceptors (Lipinski definition) is 2. The molecule has 1 aliphatic rings. The van der Waals surface area contributed by atoms with Crippen molar-refractivity contribution in [2.45, 2.75) is 19.5 Å². The summed E-state index contributed by atoms with van der Waals surface area (Å²) in [5, 5.41) is 12.6. The van der Waals surface area contributed by atoms with Gasteiger partial charge in [-0.15, -0.1) is 0 Å². The van der Waals surface area contributed by atoms with Crippen LogP contribution in [0.25, 0.3) is 10.9 Å². The van der Waals surface area contributed by atoms with Gasteiger partial charge in [0.05, 0.1) is 11.8 Å². The van der Waals surface area contributed by atoms with Crippen molar-refractivity contribution in [3.8, 4) is 0 Å². The first kappa shape index (κ1) is 19.1. The van der Waals surface area contributed by atoms with E-state index in [4.69, 9.17) is 5.11 Å². The summed E-state index contributed by atoms with van der Waals surface area (Å²) in [6, 6.07) is 5.28. The zero-order chi connectivity index (χ0) is 19.8. The van der Waals surface area contributed by atoms with Crippen LogP contribution in [0, 0.1) is 18.8 Å². The van der Waals surface area contributed by atoms with Gasteiger partial charge in [0.1, 0.15) is 0 Å². The van der Waals surface area contributed by atoms with Gasteiger partial charge in [0, 0.05) is 36.7 Å². The molecule has 3 rings (SSSR count). The monoisotopic (exact) mass is 383 g/mol. The number of halogens is 3. The van der Waals surface area contributed by atoms with Crippen molar-refractivity contribution >= 4 is 22.9 Å². The molecule has 2 atom stereocenters. The van der Waals surface area contributed by atoms with E-state index in [1.165, 1.54) is 0 Å². The summed E-state index contributed by atoms with van der Waals surface area (Å²) in [7, 11) is 0. The van der Waals surface area contributed by atoms with E-state index in [2.05, 4.69) is 10.3 Å². The van der Waals surface area contributed by atoms with Crippen molar-refractivity contribution in [3.05, 3.63) is 35.5 Å². The summed E-state index contributed by atoms with van der Waals surface area (Å²) in [5.41, 5.74) is 3.09. The van der Waals surface area contributed by atoms with Gasteiger partial charge in [0.2, 0.25) is 0 Å². The third-order valence-electron chi connectivity index (χ3n) is 4.94. The molecule has 0 spiro atoms. The van der Waals surface area contributed by atoms with Crippen LogP contribution in [0.1, 0.15) is 11.1 Å². The number of aromatic nitrogens is 1. The van der Waals surface area contributed by atoms with E-state index in [0.717, 1.165) is 26.9 Å². The van der Waals surface area contributed by atoms with Crippen molar-refractivity contribution < 1.29 is 27.9 Å². The molecule has 2 heterocycles. The zero-order valence-electron chi connectivity index (χ0n) is 14.6. The van der Waals surface area contributed by atoms with Gasteiger partial charge in [-0.3, -0.25) is 4.79 Å². The van der Waals surface area contributed by atoms with Gasteiger partial charge >= 0.3 is 18.2 Å². The Hall–Kier alpha value is -2.71. The van der Waals surface area contributed by atoms with Gasteiger partial charge < -0.3 is 20.3 Å². The number of benzene rings is 1. The van der Waals surface area contributed by atoms with Crippen LogP contribution in [0.2, 0.25) is 0 Å². The lowest BCUT2D eigenvalue weighted by Gasteiger charge is -2.18. The van der Waals surface area contributed by atoms with Gasteiger partial charge in [0.25, 0.3) is 0 Å². The number of hydrogen-bond donors (Lipinski definition) is 3. The van der Waals surface area contributed by atoms with Crippen LogP contribution in [0.5, 0.6) is 0 Å². The number of carboxylic acid groups (broad SMARTS) is 1. The third-order valence-corrected chi connectivity index (χ3v) is 4.94. The fraction of sp³-hybridized carbons (Fsp3) is 0.444. The predicted octanol–water partition coefficient (Wildman–Crippen LogP) is 2.92. The summed E-state index contributed by atoms with van der Waals surface area (Å²) < 4.78 is 39.0. The van der Waals surface area contributed by atoms with Crippen LogP contribution in [0.3, 0.4) is 0 Å². The Morgan fingerprint density at radius 2 is 2.07 bits per heavy atom. The van der Waals surface area contributed by atoms with Crippen molar-refractivity contribution in [2.24, 2.45) is 11.8 Å². The van der Waals surface area contributed by atoms with Crippen molar-refractivity contribution in [1.29, 1.82) is 0 Å². The molecule has 0 unspecified atom stereocenters. The molecule has 146 valence electrons. The summed E-state index contributed by atoms with van der Waals surface area (Å²) in [6.45, 7) is 1.13. The largest absolute Gasteiger partial charge is 0.481 e. The fourth-order valence-electron chi connectivity index (χ4n) is 3.47. The zero-order valence-corrected chi connectivity index (χ0v) is 14.6. The van der Waals surface area contributed by atoms with Gasteiger partial charge in [0.15, 0.2) is 0 Å². The first-order chi connectivity index (χ1) is 12.7. The quantitative estimate of drug-likeness (QED) is 0.759. The molecule has 0 aliphatic carbocycles. The lowest BCUT2D eigenvalue weighted by molar-refractivity contribution is -0.187. The van der Waals surface area contributed by atoms with E-state index in [0.29, 0.717) is 6.42 Å². The number of aromatic amines is 1. The highest BCUT2D eigenvalue weighted by Crippen LogP contribution is 2.37. The Morgan fingerprint density at radius 1 is 1.33 bits per heavy atom. The number of carbonyl (C=O) groups excluding carboxylic acids is 1. The molecule has 0 radical (unpaired) electrons. The first-order valence-corrected chi connectivity index (χ1v) is 8.55. The molecule has 1 aliphatic heterocycles. The lowest BCUT2D eigenvalue weighted by atomic mass is 9.96. The number of nitrogens with zero attached hydrogens (tertiary/aromatic N) is 1. The minimum atomic E-state index is -4.65. The number of urea groups is 1. The van der Waals surface area contributed by atoms with E-state index >= 15 is 0 Å². The van der Waals surface area contributed by atoms with E-state index < -0.39 is 43.1 Å². The Bertz CT molecular complexity index is 862. The van der Waals surface area contributed by atoms with Crippen molar-refractivity contribution in [1.82, 2.24) is 15.2 Å². The average molecular weight is 383 g/mol. The second kappa shape index (κ2) is 7.13. The molecule has 1 aromatic heterocycles. The summed E-state index contributed by atoms with van der Waals surface area (Å²) in [4.78, 5) is 27.3. The normalized spacial score (nSPS) is 20.2. The SMILES string of the molecule is Cc1ccc2c(CCNC(=O)N3C[C@@H](C(F)(F)F)[C@H](C(=O)O)C3)c[nH]c2c1. The van der Waals surface area contributed by atoms with Crippen molar-refractivity contribution in [3.63, 3.8) is 0 Å². The summed E-state index contributed by atoms with van der Waals surface area (Å²) in [5.74, 6) is -5.22. The van der Waals surface area contributed by atoms with Crippen molar-refractivity contribution in [2.75, 3.05) is 19.6 Å². The number of likely N-dealkylation sites (tertiary alicyclic amines) is 1. The van der Waals surface area contributed by atoms with Gasteiger partial charge in [-0.25, -0.2) is 4.79 Å². The van der Waals surface area contributed by atoms with E-state index in [9.17, 15) is 22.8 Å². The van der Waals surface area contributed by atoms with Crippen LogP contribution in [-0.4, -0.2) is 52.8 Å². The molecule has 27 heavy (non-hydrogen) atoms. The first-order valence-electron chi connectivity index (χ1n) is 8.55. The molecular formula is C18H20F3N3O3. The van der Waals surface area contributed by atoms with E-state index in [-0.39, 0.29) is 6.54 Å². The predicted molar refractivity (Wildman–Crippen MR) is 92.4 cm³/mol. The Balaban J connectivity index is 1.58. The van der Waals surface area contributed by atoms with E-state index in [1.54, 1.807) is 0 Å². The molecule has 2 amide bonds.